The highest BCUT2D eigenvalue weighted by atomic mass is 16.5. The summed E-state index contributed by atoms with van der Waals surface area (Å²) >= 11 is 0. The van der Waals surface area contributed by atoms with Gasteiger partial charge in [0.2, 0.25) is 0 Å². The molecule has 0 spiro atoms. The number of hydrogen-bond donors (Lipinski definition) is 1. The summed E-state index contributed by atoms with van der Waals surface area (Å²) < 4.78 is 11.2. The van der Waals surface area contributed by atoms with E-state index in [0.717, 1.165) is 30.2 Å². The van der Waals surface area contributed by atoms with Crippen LogP contribution in [0.4, 0.5) is 5.69 Å². The zero-order chi connectivity index (χ0) is 15.1. The van der Waals surface area contributed by atoms with Gasteiger partial charge >= 0.3 is 0 Å². The van der Waals surface area contributed by atoms with Crippen molar-refractivity contribution in [3.05, 3.63) is 48.4 Å². The van der Waals surface area contributed by atoms with Crippen LogP contribution in [0.2, 0.25) is 0 Å². The number of furan rings is 1. The van der Waals surface area contributed by atoms with Crippen LogP contribution in [-0.4, -0.2) is 32.1 Å². The molecule has 1 N–H and O–H groups in total. The Kier molecular flexibility index (Phi) is 5.69. The van der Waals surface area contributed by atoms with Crippen LogP contribution in [0.5, 0.6) is 5.75 Å². The number of ether oxygens (including phenoxy) is 1. The molecule has 1 atom stereocenters. The maximum atomic E-state index is 5.69. The third-order valence-electron chi connectivity index (χ3n) is 3.30. The summed E-state index contributed by atoms with van der Waals surface area (Å²) in [5.74, 6) is 1.86. The molecule has 1 heterocycles. The van der Waals surface area contributed by atoms with Gasteiger partial charge in [0.05, 0.1) is 12.3 Å². The zero-order valence-electron chi connectivity index (χ0n) is 13.0. The number of benzene rings is 1. The first-order valence-corrected chi connectivity index (χ1v) is 7.36. The van der Waals surface area contributed by atoms with Gasteiger partial charge < -0.3 is 19.4 Å². The van der Waals surface area contributed by atoms with E-state index >= 15 is 0 Å². The summed E-state index contributed by atoms with van der Waals surface area (Å²) in [4.78, 5) is 2.10. The van der Waals surface area contributed by atoms with E-state index in [-0.39, 0.29) is 6.04 Å². The first kappa shape index (κ1) is 15.4. The summed E-state index contributed by atoms with van der Waals surface area (Å²) in [5, 5.41) is 3.48. The first-order chi connectivity index (χ1) is 10.2. The third kappa shape index (κ3) is 4.83. The van der Waals surface area contributed by atoms with Crippen molar-refractivity contribution < 1.29 is 9.15 Å². The van der Waals surface area contributed by atoms with Gasteiger partial charge in [0.1, 0.15) is 18.1 Å². The van der Waals surface area contributed by atoms with Gasteiger partial charge in [-0.05, 0) is 56.9 Å². The minimum absolute atomic E-state index is 0.195. The fourth-order valence-corrected chi connectivity index (χ4v) is 2.06. The van der Waals surface area contributed by atoms with E-state index < -0.39 is 0 Å². The van der Waals surface area contributed by atoms with Crippen LogP contribution in [0.25, 0.3) is 0 Å². The van der Waals surface area contributed by atoms with E-state index in [1.165, 1.54) is 0 Å². The largest absolute Gasteiger partial charge is 0.492 e. The number of nitrogens with one attached hydrogen (secondary N) is 1. The van der Waals surface area contributed by atoms with Gasteiger partial charge in [0, 0.05) is 12.2 Å². The molecule has 4 nitrogen and oxygen atoms in total. The quantitative estimate of drug-likeness (QED) is 0.802. The van der Waals surface area contributed by atoms with Crippen LogP contribution >= 0.6 is 0 Å². The van der Waals surface area contributed by atoms with Crippen LogP contribution < -0.4 is 10.1 Å². The van der Waals surface area contributed by atoms with Crippen molar-refractivity contribution >= 4 is 5.69 Å². The Balaban J connectivity index is 1.89. The normalized spacial score (nSPS) is 12.4. The molecule has 1 aromatic carbocycles. The molecule has 0 fully saturated rings. The van der Waals surface area contributed by atoms with Crippen LogP contribution in [0.1, 0.15) is 25.1 Å². The van der Waals surface area contributed by atoms with Gasteiger partial charge in [-0.1, -0.05) is 6.92 Å². The van der Waals surface area contributed by atoms with Crippen molar-refractivity contribution in [2.24, 2.45) is 0 Å². The fraction of sp³-hybridized carbons (Fsp3) is 0.412. The molecule has 0 amide bonds. The molecule has 0 aliphatic heterocycles. The van der Waals surface area contributed by atoms with E-state index in [4.69, 9.17) is 9.15 Å². The van der Waals surface area contributed by atoms with E-state index in [1.54, 1.807) is 6.26 Å². The standard InChI is InChI=1S/C17H24N2O2/c1-4-16(17-6-5-12-21-17)18-14-7-9-15(10-8-14)20-13-11-19(2)3/h5-10,12,16,18H,4,11,13H2,1-3H3. The Labute approximate surface area is 126 Å². The molecule has 1 aromatic heterocycles. The minimum atomic E-state index is 0.195. The van der Waals surface area contributed by atoms with Crippen LogP contribution in [0.15, 0.2) is 47.1 Å². The maximum absolute atomic E-state index is 5.69. The summed E-state index contributed by atoms with van der Waals surface area (Å²) in [6.45, 7) is 3.75. The molecule has 21 heavy (non-hydrogen) atoms. The Morgan fingerprint density at radius 1 is 1.19 bits per heavy atom. The Hall–Kier alpha value is -1.94. The van der Waals surface area contributed by atoms with E-state index in [1.807, 2.05) is 50.5 Å². The molecule has 0 aliphatic carbocycles. The van der Waals surface area contributed by atoms with Crippen molar-refractivity contribution in [2.75, 3.05) is 32.6 Å². The molecule has 2 aromatic rings. The maximum Gasteiger partial charge on any atom is 0.125 e. The summed E-state index contributed by atoms with van der Waals surface area (Å²) in [6, 6.07) is 12.2. The summed E-state index contributed by atoms with van der Waals surface area (Å²) in [7, 11) is 4.08. The number of rotatable bonds is 8. The lowest BCUT2D eigenvalue weighted by Crippen LogP contribution is -2.19. The van der Waals surface area contributed by atoms with Crippen molar-refractivity contribution in [3.8, 4) is 5.75 Å². The molecule has 0 saturated heterocycles. The minimum Gasteiger partial charge on any atom is -0.492 e. The van der Waals surface area contributed by atoms with Crippen LogP contribution in [0.3, 0.4) is 0 Å². The fourth-order valence-electron chi connectivity index (χ4n) is 2.06. The zero-order valence-corrected chi connectivity index (χ0v) is 13.0. The topological polar surface area (TPSA) is 37.6 Å². The lowest BCUT2D eigenvalue weighted by Gasteiger charge is -2.16. The molecule has 0 aliphatic rings. The second-order valence-electron chi connectivity index (χ2n) is 5.30. The van der Waals surface area contributed by atoms with E-state index in [9.17, 15) is 0 Å². The van der Waals surface area contributed by atoms with Gasteiger partial charge in [-0.2, -0.15) is 0 Å². The average molecular weight is 288 g/mol. The second kappa shape index (κ2) is 7.74. The molecular weight excluding hydrogens is 264 g/mol. The smallest absolute Gasteiger partial charge is 0.125 e. The predicted molar refractivity (Wildman–Crippen MR) is 85.9 cm³/mol. The third-order valence-corrected chi connectivity index (χ3v) is 3.30. The summed E-state index contributed by atoms with van der Waals surface area (Å²) in [6.07, 6.45) is 2.68. The molecule has 4 heteroatoms. The van der Waals surface area contributed by atoms with E-state index in [2.05, 4.69) is 17.1 Å². The Morgan fingerprint density at radius 2 is 1.95 bits per heavy atom. The SMILES string of the molecule is CCC(Nc1ccc(OCCN(C)C)cc1)c1ccco1. The molecule has 0 bridgehead atoms. The number of likely N-dealkylation sites (N-methyl/N-ethyl adjacent to an activating group) is 1. The van der Waals surface area contributed by atoms with Crippen LogP contribution in [0, 0.1) is 0 Å². The number of hydrogen-bond acceptors (Lipinski definition) is 4. The first-order valence-electron chi connectivity index (χ1n) is 7.36. The Morgan fingerprint density at radius 3 is 2.52 bits per heavy atom. The second-order valence-corrected chi connectivity index (χ2v) is 5.30. The van der Waals surface area contributed by atoms with Crippen LogP contribution in [-0.2, 0) is 0 Å². The Bertz CT molecular complexity index is 506. The molecule has 114 valence electrons. The highest BCUT2D eigenvalue weighted by Crippen LogP contribution is 2.24. The number of anilines is 1. The molecular formula is C17H24N2O2. The highest BCUT2D eigenvalue weighted by Gasteiger charge is 2.11. The van der Waals surface area contributed by atoms with Gasteiger partial charge in [0.15, 0.2) is 0 Å². The molecule has 1 unspecified atom stereocenters. The van der Waals surface area contributed by atoms with Crippen molar-refractivity contribution in [3.63, 3.8) is 0 Å². The van der Waals surface area contributed by atoms with Crippen molar-refractivity contribution in [2.45, 2.75) is 19.4 Å². The van der Waals surface area contributed by atoms with Gasteiger partial charge in [-0.3, -0.25) is 0 Å². The van der Waals surface area contributed by atoms with Crippen molar-refractivity contribution in [1.82, 2.24) is 4.90 Å². The van der Waals surface area contributed by atoms with Gasteiger partial charge in [-0.15, -0.1) is 0 Å². The van der Waals surface area contributed by atoms with Gasteiger partial charge in [-0.25, -0.2) is 0 Å². The molecule has 0 radical (unpaired) electrons. The predicted octanol–water partition coefficient (Wildman–Crippen LogP) is 3.78. The van der Waals surface area contributed by atoms with E-state index in [0.29, 0.717) is 6.61 Å². The average Bonchev–Trinajstić information content (AvgIpc) is 3.00. The summed E-state index contributed by atoms with van der Waals surface area (Å²) in [5.41, 5.74) is 1.07. The van der Waals surface area contributed by atoms with Gasteiger partial charge in [0.25, 0.3) is 0 Å². The lowest BCUT2D eigenvalue weighted by molar-refractivity contribution is 0.261. The lowest BCUT2D eigenvalue weighted by atomic mass is 10.1. The number of nitrogens with zero attached hydrogens (tertiary/aromatic N) is 1. The van der Waals surface area contributed by atoms with Crippen molar-refractivity contribution in [1.29, 1.82) is 0 Å². The monoisotopic (exact) mass is 288 g/mol. The molecule has 2 rings (SSSR count). The molecule has 0 saturated carbocycles. The highest BCUT2D eigenvalue weighted by molar-refractivity contribution is 5.47.